The first kappa shape index (κ1) is 21.3. The normalized spacial score (nSPS) is 11.1. The Kier molecular flexibility index (Phi) is 7.73. The molecule has 2 rings (SSSR count). The predicted octanol–water partition coefficient (Wildman–Crippen LogP) is 2.94. The number of sulfonamides is 1. The highest BCUT2D eigenvalue weighted by molar-refractivity contribution is 7.92. The zero-order valence-electron chi connectivity index (χ0n) is 14.4. The van der Waals surface area contributed by atoms with E-state index in [1.54, 1.807) is 0 Å². The SMILES string of the molecule is COCCNC(=O)COc1ccc(S(=O)(=O)Nc2ccc(Cl)c(Cl)c2)cc1. The summed E-state index contributed by atoms with van der Waals surface area (Å²) in [5.74, 6) is 0.0652. The van der Waals surface area contributed by atoms with Gasteiger partial charge >= 0.3 is 0 Å². The molecule has 0 atom stereocenters. The standard InChI is InChI=1S/C17H18Cl2N2O5S/c1-25-9-8-20-17(22)11-26-13-3-5-14(6-4-13)27(23,24)21-12-2-7-15(18)16(19)10-12/h2-7,10,21H,8-9,11H2,1H3,(H,20,22). The Hall–Kier alpha value is -2.00. The Labute approximate surface area is 167 Å². The van der Waals surface area contributed by atoms with Crippen LogP contribution in [0.1, 0.15) is 0 Å². The molecule has 2 aromatic carbocycles. The van der Waals surface area contributed by atoms with Gasteiger partial charge in [-0.1, -0.05) is 23.2 Å². The molecule has 0 radical (unpaired) electrons. The smallest absolute Gasteiger partial charge is 0.261 e. The second-order valence-electron chi connectivity index (χ2n) is 5.34. The molecule has 27 heavy (non-hydrogen) atoms. The Morgan fingerprint density at radius 2 is 1.78 bits per heavy atom. The van der Waals surface area contributed by atoms with E-state index in [0.29, 0.717) is 23.9 Å². The summed E-state index contributed by atoms with van der Waals surface area (Å²) in [6, 6.07) is 10.1. The van der Waals surface area contributed by atoms with Crippen LogP contribution >= 0.6 is 23.2 Å². The van der Waals surface area contributed by atoms with Crippen molar-refractivity contribution >= 4 is 44.8 Å². The van der Waals surface area contributed by atoms with E-state index < -0.39 is 10.0 Å². The monoisotopic (exact) mass is 432 g/mol. The van der Waals surface area contributed by atoms with Gasteiger partial charge in [0, 0.05) is 13.7 Å². The molecule has 0 saturated carbocycles. The van der Waals surface area contributed by atoms with E-state index in [4.69, 9.17) is 32.7 Å². The van der Waals surface area contributed by atoms with E-state index in [0.717, 1.165) is 0 Å². The summed E-state index contributed by atoms with van der Waals surface area (Å²) in [7, 11) is -2.27. The number of halogens is 2. The van der Waals surface area contributed by atoms with Crippen LogP contribution < -0.4 is 14.8 Å². The fourth-order valence-electron chi connectivity index (χ4n) is 1.98. The predicted molar refractivity (Wildman–Crippen MR) is 104 cm³/mol. The number of benzene rings is 2. The van der Waals surface area contributed by atoms with Crippen LogP contribution in [0.5, 0.6) is 5.75 Å². The van der Waals surface area contributed by atoms with Gasteiger partial charge in [-0.15, -0.1) is 0 Å². The number of nitrogens with one attached hydrogen (secondary N) is 2. The lowest BCUT2D eigenvalue weighted by atomic mass is 10.3. The number of anilines is 1. The van der Waals surface area contributed by atoms with Crippen LogP contribution in [0.25, 0.3) is 0 Å². The number of ether oxygens (including phenoxy) is 2. The third kappa shape index (κ3) is 6.59. The minimum absolute atomic E-state index is 0.0328. The van der Waals surface area contributed by atoms with Gasteiger partial charge in [0.05, 0.1) is 27.2 Å². The Morgan fingerprint density at radius 3 is 2.41 bits per heavy atom. The van der Waals surface area contributed by atoms with Crippen LogP contribution in [0.4, 0.5) is 5.69 Å². The molecular formula is C17H18Cl2N2O5S. The maximum atomic E-state index is 12.4. The molecule has 10 heteroatoms. The van der Waals surface area contributed by atoms with Crippen LogP contribution in [0.3, 0.4) is 0 Å². The average Bonchev–Trinajstić information content (AvgIpc) is 2.63. The summed E-state index contributed by atoms with van der Waals surface area (Å²) in [6.07, 6.45) is 0. The van der Waals surface area contributed by atoms with Crippen LogP contribution in [0, 0.1) is 0 Å². The van der Waals surface area contributed by atoms with Crippen molar-refractivity contribution in [2.45, 2.75) is 4.90 Å². The van der Waals surface area contributed by atoms with E-state index in [1.165, 1.54) is 49.6 Å². The van der Waals surface area contributed by atoms with Crippen molar-refractivity contribution < 1.29 is 22.7 Å². The molecule has 0 aromatic heterocycles. The summed E-state index contributed by atoms with van der Waals surface area (Å²) in [4.78, 5) is 11.6. The van der Waals surface area contributed by atoms with E-state index in [2.05, 4.69) is 10.0 Å². The zero-order valence-corrected chi connectivity index (χ0v) is 16.7. The number of carbonyl (C=O) groups excluding carboxylic acids is 1. The van der Waals surface area contributed by atoms with Gasteiger partial charge in [0.1, 0.15) is 5.75 Å². The third-order valence-corrected chi connectivity index (χ3v) is 5.44. The maximum absolute atomic E-state index is 12.4. The van der Waals surface area contributed by atoms with Crippen molar-refractivity contribution in [3.63, 3.8) is 0 Å². The van der Waals surface area contributed by atoms with Crippen LogP contribution in [-0.2, 0) is 19.6 Å². The summed E-state index contributed by atoms with van der Waals surface area (Å²) in [5, 5.41) is 3.18. The molecule has 0 aliphatic rings. The Bertz CT molecular complexity index is 889. The lowest BCUT2D eigenvalue weighted by Gasteiger charge is -2.10. The van der Waals surface area contributed by atoms with Gasteiger partial charge in [-0.3, -0.25) is 9.52 Å². The van der Waals surface area contributed by atoms with Crippen molar-refractivity contribution in [3.8, 4) is 5.75 Å². The number of amides is 1. The first-order valence-electron chi connectivity index (χ1n) is 7.78. The lowest BCUT2D eigenvalue weighted by molar-refractivity contribution is -0.123. The number of carbonyl (C=O) groups is 1. The second-order valence-corrected chi connectivity index (χ2v) is 7.83. The highest BCUT2D eigenvalue weighted by Gasteiger charge is 2.15. The molecule has 146 valence electrons. The molecule has 2 N–H and O–H groups in total. The highest BCUT2D eigenvalue weighted by atomic mass is 35.5. The van der Waals surface area contributed by atoms with Gasteiger partial charge in [0.25, 0.3) is 15.9 Å². The van der Waals surface area contributed by atoms with Crippen molar-refractivity contribution in [3.05, 3.63) is 52.5 Å². The van der Waals surface area contributed by atoms with Gasteiger partial charge in [-0.2, -0.15) is 0 Å². The topological polar surface area (TPSA) is 93.7 Å². The number of methoxy groups -OCH3 is 1. The summed E-state index contributed by atoms with van der Waals surface area (Å²) in [5.41, 5.74) is 0.289. The first-order valence-corrected chi connectivity index (χ1v) is 10.0. The maximum Gasteiger partial charge on any atom is 0.261 e. The molecule has 0 heterocycles. The Balaban J connectivity index is 1.96. The lowest BCUT2D eigenvalue weighted by Crippen LogP contribution is -2.31. The molecule has 0 bridgehead atoms. The molecule has 7 nitrogen and oxygen atoms in total. The minimum atomic E-state index is -3.81. The number of rotatable bonds is 9. The van der Waals surface area contributed by atoms with Crippen molar-refractivity contribution in [1.29, 1.82) is 0 Å². The largest absolute Gasteiger partial charge is 0.484 e. The van der Waals surface area contributed by atoms with Crippen molar-refractivity contribution in [1.82, 2.24) is 5.32 Å². The number of hydrogen-bond donors (Lipinski definition) is 2. The summed E-state index contributed by atoms with van der Waals surface area (Å²) >= 11 is 11.7. The van der Waals surface area contributed by atoms with E-state index >= 15 is 0 Å². The van der Waals surface area contributed by atoms with E-state index in [-0.39, 0.29) is 28.1 Å². The molecule has 2 aromatic rings. The molecule has 0 spiro atoms. The minimum Gasteiger partial charge on any atom is -0.484 e. The van der Waals surface area contributed by atoms with Gasteiger partial charge < -0.3 is 14.8 Å². The van der Waals surface area contributed by atoms with Crippen molar-refractivity contribution in [2.75, 3.05) is 31.6 Å². The number of hydrogen-bond acceptors (Lipinski definition) is 5. The van der Waals surface area contributed by atoms with Gasteiger partial charge in [-0.05, 0) is 42.5 Å². The van der Waals surface area contributed by atoms with Crippen LogP contribution in [0.15, 0.2) is 47.4 Å². The van der Waals surface area contributed by atoms with Crippen LogP contribution in [-0.4, -0.2) is 41.2 Å². The molecule has 0 aliphatic carbocycles. The second kappa shape index (κ2) is 9.80. The van der Waals surface area contributed by atoms with Gasteiger partial charge in [0.15, 0.2) is 6.61 Å². The van der Waals surface area contributed by atoms with E-state index in [9.17, 15) is 13.2 Å². The average molecular weight is 433 g/mol. The molecule has 1 amide bonds. The molecular weight excluding hydrogens is 415 g/mol. The quantitative estimate of drug-likeness (QED) is 0.594. The fraction of sp³-hybridized carbons (Fsp3) is 0.235. The molecule has 0 fully saturated rings. The molecule has 0 aliphatic heterocycles. The molecule has 0 saturated heterocycles. The zero-order chi connectivity index (χ0) is 19.9. The van der Waals surface area contributed by atoms with Gasteiger partial charge in [0.2, 0.25) is 0 Å². The van der Waals surface area contributed by atoms with Gasteiger partial charge in [-0.25, -0.2) is 8.42 Å². The third-order valence-electron chi connectivity index (χ3n) is 3.30. The van der Waals surface area contributed by atoms with Crippen molar-refractivity contribution in [2.24, 2.45) is 0 Å². The molecule has 0 unspecified atom stereocenters. The van der Waals surface area contributed by atoms with E-state index in [1.807, 2.05) is 0 Å². The summed E-state index contributed by atoms with van der Waals surface area (Å²) in [6.45, 7) is 0.609. The van der Waals surface area contributed by atoms with Crippen LogP contribution in [0.2, 0.25) is 10.0 Å². The Morgan fingerprint density at radius 1 is 1.07 bits per heavy atom. The highest BCUT2D eigenvalue weighted by Crippen LogP contribution is 2.26. The first-order chi connectivity index (χ1) is 12.8. The summed E-state index contributed by atoms with van der Waals surface area (Å²) < 4.78 is 37.4. The fourth-order valence-corrected chi connectivity index (χ4v) is 3.33.